The van der Waals surface area contributed by atoms with Crippen LogP contribution in [-0.2, 0) is 16.6 Å². The maximum atomic E-state index is 12.7. The van der Waals surface area contributed by atoms with E-state index >= 15 is 0 Å². The van der Waals surface area contributed by atoms with E-state index in [9.17, 15) is 13.2 Å². The summed E-state index contributed by atoms with van der Waals surface area (Å²) in [5, 5.41) is 2.83. The summed E-state index contributed by atoms with van der Waals surface area (Å²) >= 11 is 1.42. The molecule has 0 fully saturated rings. The van der Waals surface area contributed by atoms with Crippen LogP contribution in [0, 0.1) is 0 Å². The summed E-state index contributed by atoms with van der Waals surface area (Å²) in [4.78, 5) is 14.5. The quantitative estimate of drug-likeness (QED) is 0.636. The maximum absolute atomic E-state index is 12.7. The summed E-state index contributed by atoms with van der Waals surface area (Å²) in [6.45, 7) is 3.96. The molecule has 1 amide bonds. The number of hydrogen-bond donors (Lipinski definition) is 2. The molecule has 0 aliphatic carbocycles. The van der Waals surface area contributed by atoms with Gasteiger partial charge in [0.1, 0.15) is 12.4 Å². The van der Waals surface area contributed by atoms with E-state index in [1.54, 1.807) is 26.0 Å². The Balaban J connectivity index is 1.52. The largest absolute Gasteiger partial charge is 0.488 e. The highest BCUT2D eigenvalue weighted by molar-refractivity contribution is 7.89. The lowest BCUT2D eigenvalue weighted by atomic mass is 10.1. The van der Waals surface area contributed by atoms with Gasteiger partial charge in [-0.25, -0.2) is 13.1 Å². The highest BCUT2D eigenvalue weighted by Gasteiger charge is 2.22. The molecule has 4 rings (SSSR count). The first kappa shape index (κ1) is 19.6. The van der Waals surface area contributed by atoms with Crippen LogP contribution < -0.4 is 14.8 Å². The lowest BCUT2D eigenvalue weighted by Crippen LogP contribution is -2.30. The number of hydrogen-bond acceptors (Lipinski definition) is 5. The molecule has 8 heteroatoms. The Kier molecular flexibility index (Phi) is 5.16. The summed E-state index contributed by atoms with van der Waals surface area (Å²) in [5.41, 5.74) is 2.51. The minimum Gasteiger partial charge on any atom is -0.488 e. The van der Waals surface area contributed by atoms with E-state index in [-0.39, 0.29) is 16.8 Å². The molecule has 150 valence electrons. The van der Waals surface area contributed by atoms with Crippen LogP contribution in [-0.4, -0.2) is 20.4 Å². The van der Waals surface area contributed by atoms with Crippen molar-refractivity contribution in [1.82, 2.24) is 4.72 Å². The third-order valence-electron chi connectivity index (χ3n) is 4.36. The molecular weight excluding hydrogens is 408 g/mol. The Hall–Kier alpha value is -2.68. The first-order valence-corrected chi connectivity index (χ1v) is 11.4. The molecule has 0 saturated heterocycles. The van der Waals surface area contributed by atoms with Gasteiger partial charge in [-0.1, -0.05) is 12.1 Å². The van der Waals surface area contributed by atoms with Crippen molar-refractivity contribution in [3.05, 3.63) is 65.0 Å². The van der Waals surface area contributed by atoms with Crippen LogP contribution in [0.25, 0.3) is 10.4 Å². The fourth-order valence-electron chi connectivity index (χ4n) is 3.10. The number of thiophene rings is 1. The first-order valence-electron chi connectivity index (χ1n) is 9.12. The van der Waals surface area contributed by atoms with Crippen molar-refractivity contribution in [2.45, 2.75) is 31.4 Å². The smallest absolute Gasteiger partial charge is 0.265 e. The molecule has 2 aromatic carbocycles. The molecule has 1 aliphatic rings. The zero-order valence-corrected chi connectivity index (χ0v) is 17.6. The van der Waals surface area contributed by atoms with Gasteiger partial charge < -0.3 is 10.1 Å². The van der Waals surface area contributed by atoms with Crippen molar-refractivity contribution in [2.24, 2.45) is 0 Å². The molecule has 0 atom stereocenters. The molecule has 0 bridgehead atoms. The van der Waals surface area contributed by atoms with Gasteiger partial charge in [-0.3, -0.25) is 4.79 Å². The topological polar surface area (TPSA) is 84.5 Å². The second-order valence-corrected chi connectivity index (χ2v) is 9.77. The van der Waals surface area contributed by atoms with Crippen molar-refractivity contribution < 1.29 is 17.9 Å². The molecule has 29 heavy (non-hydrogen) atoms. The molecule has 1 aliphatic heterocycles. The van der Waals surface area contributed by atoms with Gasteiger partial charge in [0.25, 0.3) is 5.91 Å². The van der Waals surface area contributed by atoms with E-state index in [2.05, 4.69) is 10.0 Å². The van der Waals surface area contributed by atoms with E-state index < -0.39 is 10.0 Å². The number of sulfonamides is 1. The van der Waals surface area contributed by atoms with Crippen LogP contribution in [0.4, 0.5) is 5.69 Å². The van der Waals surface area contributed by atoms with Crippen LogP contribution in [0.5, 0.6) is 5.75 Å². The minimum atomic E-state index is -3.56. The van der Waals surface area contributed by atoms with Crippen molar-refractivity contribution >= 4 is 33.0 Å². The average molecular weight is 429 g/mol. The van der Waals surface area contributed by atoms with Gasteiger partial charge in [0.05, 0.1) is 9.77 Å². The summed E-state index contributed by atoms with van der Waals surface area (Å²) in [5.74, 6) is 0.582. The zero-order chi connectivity index (χ0) is 20.6. The van der Waals surface area contributed by atoms with Gasteiger partial charge >= 0.3 is 0 Å². The monoisotopic (exact) mass is 428 g/mol. The van der Waals surface area contributed by atoms with E-state index in [0.717, 1.165) is 21.8 Å². The average Bonchev–Trinajstić information content (AvgIpc) is 3.12. The Morgan fingerprint density at radius 3 is 2.55 bits per heavy atom. The molecule has 0 saturated carbocycles. The molecule has 0 unspecified atom stereocenters. The molecule has 2 heterocycles. The van der Waals surface area contributed by atoms with Gasteiger partial charge in [0, 0.05) is 27.7 Å². The Morgan fingerprint density at radius 1 is 1.10 bits per heavy atom. The molecule has 2 N–H and O–H groups in total. The number of carbonyl (C=O) groups is 1. The SMILES string of the molecule is CC(C)NS(=O)(=O)c1ccc(NC(=O)c2cc3c(s2)-c2ccccc2OC3)cc1. The Labute approximate surface area is 173 Å². The van der Waals surface area contributed by atoms with Crippen molar-refractivity contribution in [2.75, 3.05) is 5.32 Å². The number of para-hydroxylation sites is 1. The second kappa shape index (κ2) is 7.62. The van der Waals surface area contributed by atoms with Crippen molar-refractivity contribution in [3.63, 3.8) is 0 Å². The molecule has 6 nitrogen and oxygen atoms in total. The van der Waals surface area contributed by atoms with Crippen LogP contribution >= 0.6 is 11.3 Å². The second-order valence-electron chi connectivity index (χ2n) is 7.00. The molecule has 3 aromatic rings. The lowest BCUT2D eigenvalue weighted by molar-refractivity contribution is 0.103. The number of benzene rings is 2. The highest BCUT2D eigenvalue weighted by atomic mass is 32.2. The summed E-state index contributed by atoms with van der Waals surface area (Å²) in [6.07, 6.45) is 0. The van der Waals surface area contributed by atoms with Crippen molar-refractivity contribution in [1.29, 1.82) is 0 Å². The van der Waals surface area contributed by atoms with Gasteiger partial charge in [0.2, 0.25) is 10.0 Å². The molecule has 0 spiro atoms. The normalized spacial score (nSPS) is 12.8. The van der Waals surface area contributed by atoms with E-state index in [1.165, 1.54) is 23.5 Å². The number of ether oxygens (including phenoxy) is 1. The maximum Gasteiger partial charge on any atom is 0.265 e. The van der Waals surface area contributed by atoms with E-state index in [1.807, 2.05) is 30.3 Å². The predicted octanol–water partition coefficient (Wildman–Crippen LogP) is 4.25. The van der Waals surface area contributed by atoms with Gasteiger partial charge in [-0.2, -0.15) is 0 Å². The van der Waals surface area contributed by atoms with E-state index in [0.29, 0.717) is 17.2 Å². The number of rotatable bonds is 5. The number of fused-ring (bicyclic) bond motifs is 3. The lowest BCUT2D eigenvalue weighted by Gasteiger charge is -2.16. The molecule has 0 radical (unpaired) electrons. The zero-order valence-electron chi connectivity index (χ0n) is 15.9. The molecule has 1 aromatic heterocycles. The summed E-state index contributed by atoms with van der Waals surface area (Å²) < 4.78 is 32.7. The van der Waals surface area contributed by atoms with Crippen molar-refractivity contribution in [3.8, 4) is 16.2 Å². The Bertz CT molecular complexity index is 1170. The van der Waals surface area contributed by atoms with Gasteiger partial charge in [-0.05, 0) is 56.3 Å². The van der Waals surface area contributed by atoms with Crippen LogP contribution in [0.2, 0.25) is 0 Å². The van der Waals surface area contributed by atoms with Crippen LogP contribution in [0.15, 0.2) is 59.5 Å². The number of amides is 1. The highest BCUT2D eigenvalue weighted by Crippen LogP contribution is 2.42. The first-order chi connectivity index (χ1) is 13.8. The standard InChI is InChI=1S/C21H20N2O4S2/c1-13(2)23-29(25,26)16-9-7-15(8-10-16)22-21(24)19-11-14-12-27-18-6-4-3-5-17(18)20(14)28-19/h3-11,13,23H,12H2,1-2H3,(H,22,24). The fourth-order valence-corrected chi connectivity index (χ4v) is 5.44. The third-order valence-corrected chi connectivity index (χ3v) is 7.24. The number of anilines is 1. The van der Waals surface area contributed by atoms with Crippen LogP contribution in [0.3, 0.4) is 0 Å². The summed E-state index contributed by atoms with van der Waals surface area (Å²) in [7, 11) is -3.56. The predicted molar refractivity (Wildman–Crippen MR) is 114 cm³/mol. The third kappa shape index (κ3) is 4.05. The van der Waals surface area contributed by atoms with Gasteiger partial charge in [-0.15, -0.1) is 11.3 Å². The van der Waals surface area contributed by atoms with Crippen LogP contribution in [0.1, 0.15) is 29.1 Å². The molecular formula is C21H20N2O4S2. The summed E-state index contributed by atoms with van der Waals surface area (Å²) in [6, 6.07) is 15.5. The number of nitrogens with one attached hydrogen (secondary N) is 2. The van der Waals surface area contributed by atoms with E-state index in [4.69, 9.17) is 4.74 Å². The Morgan fingerprint density at radius 2 is 1.83 bits per heavy atom. The number of carbonyl (C=O) groups excluding carboxylic acids is 1. The van der Waals surface area contributed by atoms with Gasteiger partial charge in [0.15, 0.2) is 0 Å². The fraction of sp³-hybridized carbons (Fsp3) is 0.190. The minimum absolute atomic E-state index is 0.157.